The smallest absolute Gasteiger partial charge is 0.137 e. The molecule has 4 rings (SSSR count). The van der Waals surface area contributed by atoms with Gasteiger partial charge in [-0.1, -0.05) is 84.0 Å². The topological polar surface area (TPSA) is 40.7 Å². The Balaban J connectivity index is 1.78. The van der Waals surface area contributed by atoms with Gasteiger partial charge in [-0.15, -0.1) is 0 Å². The highest BCUT2D eigenvalue weighted by atomic mass is 28.3. The van der Waals surface area contributed by atoms with E-state index in [1.165, 1.54) is 22.1 Å². The van der Waals surface area contributed by atoms with E-state index in [0.717, 1.165) is 17.9 Å². The van der Waals surface area contributed by atoms with E-state index in [1.807, 2.05) is 6.20 Å². The van der Waals surface area contributed by atoms with Crippen LogP contribution in [0.2, 0.25) is 16.6 Å². The second-order valence-electron chi connectivity index (χ2n) is 10.5. The Morgan fingerprint density at radius 1 is 0.794 bits per heavy atom. The largest absolute Gasteiger partial charge is 0.381 e. The Kier molecular flexibility index (Phi) is 7.27. The number of hydrogen-bond donors (Lipinski definition) is 2. The highest BCUT2D eigenvalue weighted by Gasteiger charge is 2.50. The number of aromatic nitrogens is 2. The Morgan fingerprint density at radius 3 is 2.06 bits per heavy atom. The van der Waals surface area contributed by atoms with Crippen LogP contribution < -0.4 is 5.32 Å². The normalized spacial score (nSPS) is 13.2. The minimum absolute atomic E-state index is 0.397. The summed E-state index contributed by atoms with van der Waals surface area (Å²) in [4.78, 5) is 8.09. The molecule has 0 aliphatic heterocycles. The van der Waals surface area contributed by atoms with Gasteiger partial charge in [0.05, 0.1) is 8.07 Å². The lowest BCUT2D eigenvalue weighted by Gasteiger charge is -2.49. The third kappa shape index (κ3) is 4.44. The zero-order chi connectivity index (χ0) is 24.3. The molecule has 0 radical (unpaired) electrons. The number of anilines is 1. The molecule has 0 aliphatic rings. The fourth-order valence-electron chi connectivity index (χ4n) is 6.55. The maximum absolute atomic E-state index is 4.61. The summed E-state index contributed by atoms with van der Waals surface area (Å²) in [7, 11) is -1.88. The van der Waals surface area contributed by atoms with Crippen molar-refractivity contribution >= 4 is 24.8 Å². The predicted octanol–water partition coefficient (Wildman–Crippen LogP) is 8.52. The lowest BCUT2D eigenvalue weighted by atomic mass is 10.0. The minimum atomic E-state index is -1.88. The molecule has 0 spiro atoms. The fourth-order valence-corrected chi connectivity index (χ4v) is 14.1. The van der Waals surface area contributed by atoms with E-state index >= 15 is 0 Å². The second kappa shape index (κ2) is 10.2. The van der Waals surface area contributed by atoms with Gasteiger partial charge in [-0.3, -0.25) is 0 Å². The summed E-state index contributed by atoms with van der Waals surface area (Å²) >= 11 is 0. The van der Waals surface area contributed by atoms with Gasteiger partial charge >= 0.3 is 0 Å². The molecule has 3 nitrogen and oxygen atoms in total. The maximum Gasteiger partial charge on any atom is 0.137 e. The Labute approximate surface area is 206 Å². The lowest BCUT2D eigenvalue weighted by molar-refractivity contribution is 0.768. The molecule has 34 heavy (non-hydrogen) atoms. The first-order valence-corrected chi connectivity index (χ1v) is 15.0. The molecule has 0 saturated carbocycles. The van der Waals surface area contributed by atoms with Crippen LogP contribution in [0.4, 0.5) is 5.69 Å². The van der Waals surface area contributed by atoms with Crippen LogP contribution in [0, 0.1) is 0 Å². The van der Waals surface area contributed by atoms with E-state index in [-0.39, 0.29) is 0 Å². The first kappa shape index (κ1) is 24.3. The van der Waals surface area contributed by atoms with Gasteiger partial charge in [0.25, 0.3) is 0 Å². The van der Waals surface area contributed by atoms with Crippen LogP contribution in [0.5, 0.6) is 0 Å². The average Bonchev–Trinajstić information content (AvgIpc) is 3.25. The molecule has 0 amide bonds. The average molecular weight is 470 g/mol. The molecule has 2 N–H and O–H groups in total. The van der Waals surface area contributed by atoms with Crippen molar-refractivity contribution < 1.29 is 0 Å². The SMILES string of the molecule is CC(C)[Si](C(C)C)(C(C)C)C(c1ccc(NCc2ccccc2)cc1)c1c[nH]c2ncccc12. The monoisotopic (exact) mass is 469 g/mol. The number of fused-ring (bicyclic) bond motifs is 1. The summed E-state index contributed by atoms with van der Waals surface area (Å²) < 4.78 is 0. The molecular weight excluding hydrogens is 430 g/mol. The fraction of sp³-hybridized carbons (Fsp3) is 0.367. The summed E-state index contributed by atoms with van der Waals surface area (Å²) in [5, 5.41) is 4.86. The number of hydrogen-bond acceptors (Lipinski definition) is 2. The summed E-state index contributed by atoms with van der Waals surface area (Å²) in [6, 6.07) is 24.1. The van der Waals surface area contributed by atoms with E-state index in [2.05, 4.69) is 130 Å². The molecule has 0 saturated heterocycles. The molecule has 178 valence electrons. The Morgan fingerprint density at radius 2 is 1.44 bits per heavy atom. The van der Waals surface area contributed by atoms with Crippen LogP contribution in [-0.2, 0) is 6.54 Å². The van der Waals surface area contributed by atoms with E-state index in [4.69, 9.17) is 0 Å². The third-order valence-corrected chi connectivity index (χ3v) is 15.5. The van der Waals surface area contributed by atoms with Crippen LogP contribution in [-0.4, -0.2) is 18.0 Å². The van der Waals surface area contributed by atoms with Crippen molar-refractivity contribution in [2.45, 2.75) is 70.3 Å². The zero-order valence-corrected chi connectivity index (χ0v) is 22.5. The quantitative estimate of drug-likeness (QED) is 0.241. The van der Waals surface area contributed by atoms with Gasteiger partial charge in [0.2, 0.25) is 0 Å². The van der Waals surface area contributed by atoms with Crippen molar-refractivity contribution in [1.29, 1.82) is 0 Å². The Hall–Kier alpha value is -2.85. The number of pyridine rings is 1. The zero-order valence-electron chi connectivity index (χ0n) is 21.5. The van der Waals surface area contributed by atoms with Crippen LogP contribution in [0.1, 0.15) is 63.8 Å². The number of rotatable bonds is 9. The van der Waals surface area contributed by atoms with Crippen LogP contribution >= 0.6 is 0 Å². The molecule has 0 fully saturated rings. The van der Waals surface area contributed by atoms with Crippen molar-refractivity contribution in [1.82, 2.24) is 9.97 Å². The number of nitrogens with one attached hydrogen (secondary N) is 2. The summed E-state index contributed by atoms with van der Waals surface area (Å²) in [5.41, 5.74) is 8.63. The number of benzene rings is 2. The number of nitrogens with zero attached hydrogens (tertiary/aromatic N) is 1. The highest BCUT2D eigenvalue weighted by molar-refractivity contribution is 6.85. The van der Waals surface area contributed by atoms with Crippen LogP contribution in [0.25, 0.3) is 11.0 Å². The van der Waals surface area contributed by atoms with E-state index in [1.54, 1.807) is 0 Å². The third-order valence-electron chi connectivity index (χ3n) is 7.88. The van der Waals surface area contributed by atoms with Gasteiger partial charge in [-0.25, -0.2) is 4.98 Å². The predicted molar refractivity (Wildman–Crippen MR) is 149 cm³/mol. The number of aromatic amines is 1. The first-order valence-electron chi connectivity index (χ1n) is 12.6. The van der Waals surface area contributed by atoms with E-state index in [0.29, 0.717) is 22.2 Å². The molecule has 2 aromatic heterocycles. The van der Waals surface area contributed by atoms with Gasteiger partial charge < -0.3 is 10.3 Å². The van der Waals surface area contributed by atoms with Crippen molar-refractivity contribution in [3.8, 4) is 0 Å². The molecule has 2 aromatic carbocycles. The number of H-pyrrole nitrogens is 1. The van der Waals surface area contributed by atoms with Crippen molar-refractivity contribution in [2.75, 3.05) is 5.32 Å². The van der Waals surface area contributed by atoms with Gasteiger partial charge in [0.15, 0.2) is 0 Å². The van der Waals surface area contributed by atoms with E-state index in [9.17, 15) is 0 Å². The van der Waals surface area contributed by atoms with Gasteiger partial charge in [0.1, 0.15) is 5.65 Å². The minimum Gasteiger partial charge on any atom is -0.381 e. The van der Waals surface area contributed by atoms with Crippen LogP contribution in [0.3, 0.4) is 0 Å². The Bertz CT molecular complexity index is 1170. The van der Waals surface area contributed by atoms with Gasteiger partial charge in [0, 0.05) is 35.6 Å². The molecule has 0 bridgehead atoms. The lowest BCUT2D eigenvalue weighted by Crippen LogP contribution is -2.51. The highest BCUT2D eigenvalue weighted by Crippen LogP contribution is 2.53. The standard InChI is InChI=1S/C30H39N3Si/c1-21(2)34(22(3)4,23(5)6)29(28-20-33-30-27(28)13-10-18-31-30)25-14-16-26(17-15-25)32-19-24-11-8-7-9-12-24/h7-18,20-23,29,32H,19H2,1-6H3,(H,31,33). The second-order valence-corrected chi connectivity index (χ2v) is 16.5. The molecule has 4 heteroatoms. The summed E-state index contributed by atoms with van der Waals surface area (Å²) in [5.74, 6) is 0. The molecule has 2 heterocycles. The molecule has 4 aromatic rings. The van der Waals surface area contributed by atoms with Gasteiger partial charge in [-0.05, 0) is 57.6 Å². The molecule has 0 aliphatic carbocycles. The van der Waals surface area contributed by atoms with Gasteiger partial charge in [-0.2, -0.15) is 0 Å². The van der Waals surface area contributed by atoms with Crippen LogP contribution in [0.15, 0.2) is 79.1 Å². The molecular formula is C30H39N3Si. The maximum atomic E-state index is 4.61. The molecule has 1 atom stereocenters. The van der Waals surface area contributed by atoms with Crippen molar-refractivity contribution in [3.63, 3.8) is 0 Å². The van der Waals surface area contributed by atoms with Crippen molar-refractivity contribution in [3.05, 3.63) is 95.8 Å². The first-order chi connectivity index (χ1) is 16.4. The van der Waals surface area contributed by atoms with Crippen molar-refractivity contribution in [2.24, 2.45) is 0 Å². The van der Waals surface area contributed by atoms with E-state index < -0.39 is 8.07 Å². The summed E-state index contributed by atoms with van der Waals surface area (Å²) in [6.45, 7) is 15.6. The summed E-state index contributed by atoms with van der Waals surface area (Å²) in [6.07, 6.45) is 4.11. The molecule has 1 unspecified atom stereocenters.